The van der Waals surface area contributed by atoms with Gasteiger partial charge in [0.15, 0.2) is 0 Å². The van der Waals surface area contributed by atoms with Crippen LogP contribution >= 0.6 is 0 Å². The van der Waals surface area contributed by atoms with Crippen LogP contribution in [0.4, 0.5) is 4.39 Å². The smallest absolute Gasteiger partial charge is 0.253 e. The molecule has 0 N–H and O–H groups in total. The number of nitrogens with zero attached hydrogens (tertiary/aromatic N) is 1. The number of hydrogen-bond acceptors (Lipinski definition) is 1. The minimum absolute atomic E-state index is 0.0975. The van der Waals surface area contributed by atoms with Crippen molar-refractivity contribution in [1.82, 2.24) is 4.90 Å². The van der Waals surface area contributed by atoms with Crippen LogP contribution in [-0.2, 0) is 6.42 Å². The Kier molecular flexibility index (Phi) is 3.23. The van der Waals surface area contributed by atoms with E-state index in [9.17, 15) is 9.18 Å². The zero-order chi connectivity index (χ0) is 10.7. The van der Waals surface area contributed by atoms with E-state index >= 15 is 0 Å². The van der Waals surface area contributed by atoms with Gasteiger partial charge in [0, 0.05) is 19.7 Å². The zero-order valence-electron chi connectivity index (χ0n) is 8.67. The molecular weight excluding hydrogens is 181 g/mol. The lowest BCUT2D eigenvalue weighted by molar-refractivity contribution is 0.0827. The van der Waals surface area contributed by atoms with Crippen LogP contribution in [-0.4, -0.2) is 24.9 Å². The van der Waals surface area contributed by atoms with E-state index in [1.54, 1.807) is 20.2 Å². The highest BCUT2D eigenvalue weighted by Gasteiger charge is 2.09. The molecule has 1 aromatic rings. The Morgan fingerprint density at radius 2 is 2.07 bits per heavy atom. The Morgan fingerprint density at radius 3 is 2.57 bits per heavy atom. The Morgan fingerprint density at radius 1 is 1.43 bits per heavy atom. The van der Waals surface area contributed by atoms with Gasteiger partial charge in [-0.1, -0.05) is 6.92 Å². The first-order valence-corrected chi connectivity index (χ1v) is 4.56. The normalized spacial score (nSPS) is 10.0. The Labute approximate surface area is 83.3 Å². The van der Waals surface area contributed by atoms with Crippen molar-refractivity contribution in [3.05, 3.63) is 35.1 Å². The third-order valence-corrected chi connectivity index (χ3v) is 2.08. The van der Waals surface area contributed by atoms with Gasteiger partial charge in [0.25, 0.3) is 5.91 Å². The number of hydrogen-bond donors (Lipinski definition) is 0. The molecule has 0 bridgehead atoms. The van der Waals surface area contributed by atoms with Gasteiger partial charge in [-0.05, 0) is 30.2 Å². The van der Waals surface area contributed by atoms with Crippen molar-refractivity contribution < 1.29 is 9.18 Å². The van der Waals surface area contributed by atoms with Crippen LogP contribution in [0.15, 0.2) is 18.2 Å². The van der Waals surface area contributed by atoms with Crippen LogP contribution in [0, 0.1) is 5.82 Å². The summed E-state index contributed by atoms with van der Waals surface area (Å²) in [4.78, 5) is 13.0. The summed E-state index contributed by atoms with van der Waals surface area (Å²) in [5.74, 6) is -0.345. The summed E-state index contributed by atoms with van der Waals surface area (Å²) in [5.41, 5.74) is 1.12. The molecule has 1 amide bonds. The van der Waals surface area contributed by atoms with Crippen LogP contribution in [0.1, 0.15) is 22.8 Å². The minimum Gasteiger partial charge on any atom is -0.345 e. The molecule has 3 heteroatoms. The molecule has 1 aromatic carbocycles. The maximum Gasteiger partial charge on any atom is 0.253 e. The van der Waals surface area contributed by atoms with Crippen molar-refractivity contribution in [2.45, 2.75) is 13.3 Å². The quantitative estimate of drug-likeness (QED) is 0.707. The van der Waals surface area contributed by atoms with E-state index in [1.807, 2.05) is 6.92 Å². The monoisotopic (exact) mass is 195 g/mol. The molecule has 0 saturated carbocycles. The second-order valence-corrected chi connectivity index (χ2v) is 3.36. The summed E-state index contributed by atoms with van der Waals surface area (Å²) in [6, 6.07) is 4.46. The van der Waals surface area contributed by atoms with E-state index in [2.05, 4.69) is 0 Å². The zero-order valence-corrected chi connectivity index (χ0v) is 8.67. The summed E-state index contributed by atoms with van der Waals surface area (Å²) in [5, 5.41) is 0. The van der Waals surface area contributed by atoms with Crippen LogP contribution in [0.3, 0.4) is 0 Å². The summed E-state index contributed by atoms with van der Waals surface area (Å²) in [6.07, 6.45) is 0.598. The van der Waals surface area contributed by atoms with Crippen LogP contribution in [0.2, 0.25) is 0 Å². The van der Waals surface area contributed by atoms with Gasteiger partial charge in [-0.3, -0.25) is 4.79 Å². The average molecular weight is 195 g/mol. The molecule has 2 nitrogen and oxygen atoms in total. The van der Waals surface area contributed by atoms with Gasteiger partial charge < -0.3 is 4.90 Å². The van der Waals surface area contributed by atoms with Gasteiger partial charge in [0.05, 0.1) is 0 Å². The fourth-order valence-corrected chi connectivity index (χ4v) is 1.24. The lowest BCUT2D eigenvalue weighted by Crippen LogP contribution is -2.21. The predicted molar refractivity (Wildman–Crippen MR) is 53.8 cm³/mol. The van der Waals surface area contributed by atoms with Gasteiger partial charge in [0.1, 0.15) is 5.82 Å². The number of halogens is 1. The van der Waals surface area contributed by atoms with Gasteiger partial charge in [-0.15, -0.1) is 0 Å². The van der Waals surface area contributed by atoms with E-state index in [4.69, 9.17) is 0 Å². The second kappa shape index (κ2) is 4.22. The summed E-state index contributed by atoms with van der Waals surface area (Å²) >= 11 is 0. The van der Waals surface area contributed by atoms with Crippen molar-refractivity contribution in [3.8, 4) is 0 Å². The maximum absolute atomic E-state index is 13.1. The molecule has 0 spiro atoms. The van der Waals surface area contributed by atoms with Crippen molar-refractivity contribution in [2.75, 3.05) is 14.1 Å². The van der Waals surface area contributed by atoms with Gasteiger partial charge in [-0.25, -0.2) is 4.39 Å². The summed E-state index contributed by atoms with van der Waals surface area (Å²) in [7, 11) is 3.36. The number of carbonyl (C=O) groups excluding carboxylic acids is 1. The lowest BCUT2D eigenvalue weighted by Gasteiger charge is -2.11. The highest BCUT2D eigenvalue weighted by Crippen LogP contribution is 2.12. The molecule has 0 aromatic heterocycles. The largest absolute Gasteiger partial charge is 0.345 e. The molecule has 0 unspecified atom stereocenters. The van der Waals surface area contributed by atoms with Crippen molar-refractivity contribution >= 4 is 5.91 Å². The molecule has 0 saturated heterocycles. The number of amides is 1. The molecular formula is C11H14FNO. The minimum atomic E-state index is -0.247. The molecule has 14 heavy (non-hydrogen) atoms. The fraction of sp³-hybridized carbons (Fsp3) is 0.364. The van der Waals surface area contributed by atoms with Crippen molar-refractivity contribution in [1.29, 1.82) is 0 Å². The number of aryl methyl sites for hydroxylation is 1. The standard InChI is InChI=1S/C11H14FNO/c1-4-8-7-9(5-6-10(8)12)11(14)13(2)3/h5-7H,4H2,1-3H3. The number of carbonyl (C=O) groups is 1. The van der Waals surface area contributed by atoms with Gasteiger partial charge in [-0.2, -0.15) is 0 Å². The molecule has 0 heterocycles. The fourth-order valence-electron chi connectivity index (χ4n) is 1.24. The Bertz CT molecular complexity index is 347. The first-order chi connectivity index (χ1) is 6.56. The molecule has 1 rings (SSSR count). The molecule has 0 aliphatic rings. The predicted octanol–water partition coefficient (Wildman–Crippen LogP) is 2.09. The third kappa shape index (κ3) is 2.10. The summed E-state index contributed by atoms with van der Waals surface area (Å²) < 4.78 is 13.1. The molecule has 0 radical (unpaired) electrons. The van der Waals surface area contributed by atoms with Crippen LogP contribution in [0.25, 0.3) is 0 Å². The maximum atomic E-state index is 13.1. The van der Waals surface area contributed by atoms with Crippen molar-refractivity contribution in [3.63, 3.8) is 0 Å². The first-order valence-electron chi connectivity index (χ1n) is 4.56. The van der Waals surface area contributed by atoms with Crippen LogP contribution in [0.5, 0.6) is 0 Å². The molecule has 0 aliphatic heterocycles. The Hall–Kier alpha value is -1.38. The topological polar surface area (TPSA) is 20.3 Å². The number of benzene rings is 1. The van der Waals surface area contributed by atoms with E-state index in [0.29, 0.717) is 17.5 Å². The van der Waals surface area contributed by atoms with E-state index in [0.717, 1.165) is 0 Å². The third-order valence-electron chi connectivity index (χ3n) is 2.08. The van der Waals surface area contributed by atoms with E-state index < -0.39 is 0 Å². The SMILES string of the molecule is CCc1cc(C(=O)N(C)C)ccc1F. The van der Waals surface area contributed by atoms with Crippen molar-refractivity contribution in [2.24, 2.45) is 0 Å². The lowest BCUT2D eigenvalue weighted by atomic mass is 10.1. The van der Waals surface area contributed by atoms with E-state index in [-0.39, 0.29) is 11.7 Å². The second-order valence-electron chi connectivity index (χ2n) is 3.36. The number of rotatable bonds is 2. The molecule has 0 fully saturated rings. The Balaban J connectivity index is 3.06. The summed E-state index contributed by atoms with van der Waals surface area (Å²) in [6.45, 7) is 1.86. The first kappa shape index (κ1) is 10.7. The van der Waals surface area contributed by atoms with Gasteiger partial charge in [0.2, 0.25) is 0 Å². The highest BCUT2D eigenvalue weighted by molar-refractivity contribution is 5.94. The van der Waals surface area contributed by atoms with Crippen LogP contribution < -0.4 is 0 Å². The highest BCUT2D eigenvalue weighted by atomic mass is 19.1. The van der Waals surface area contributed by atoms with E-state index in [1.165, 1.54) is 17.0 Å². The molecule has 76 valence electrons. The van der Waals surface area contributed by atoms with Gasteiger partial charge >= 0.3 is 0 Å². The average Bonchev–Trinajstić information content (AvgIpc) is 2.17. The molecule has 0 atom stereocenters. The molecule has 0 aliphatic carbocycles.